The summed E-state index contributed by atoms with van der Waals surface area (Å²) in [5, 5.41) is 0. The normalized spacial score (nSPS) is 16.7. The maximum Gasteiger partial charge on any atom is 0.246 e. The molecule has 0 N–H and O–H groups in total. The minimum absolute atomic E-state index is 0.159. The standard InChI is InChI=1S/C22H27N3O7/c1-30-16-12-15(13-17(31-2)22(16)32-3)4-5-18(26)23-8-10-24(11-9-23)21(29)14-25-19(27)6-7-20(25)28/h4-5,12-13H,6-11,14H2,1-3H3/b5-4+. The molecule has 1 aromatic carbocycles. The van der Waals surface area contributed by atoms with Crippen LogP contribution < -0.4 is 14.2 Å². The van der Waals surface area contributed by atoms with E-state index in [0.29, 0.717) is 49.0 Å². The summed E-state index contributed by atoms with van der Waals surface area (Å²) >= 11 is 0. The third-order valence-corrected chi connectivity index (χ3v) is 5.50. The van der Waals surface area contributed by atoms with Crippen LogP contribution in [0.15, 0.2) is 18.2 Å². The first-order valence-corrected chi connectivity index (χ1v) is 10.3. The van der Waals surface area contributed by atoms with Crippen molar-refractivity contribution in [3.05, 3.63) is 23.8 Å². The Labute approximate surface area is 186 Å². The van der Waals surface area contributed by atoms with E-state index in [9.17, 15) is 19.2 Å². The van der Waals surface area contributed by atoms with Gasteiger partial charge in [-0.25, -0.2) is 0 Å². The predicted octanol–water partition coefficient (Wildman–Crippen LogP) is 0.545. The minimum atomic E-state index is -0.311. The zero-order valence-electron chi connectivity index (χ0n) is 18.5. The molecule has 0 spiro atoms. The number of carbonyl (C=O) groups is 4. The Hall–Kier alpha value is -3.56. The molecule has 32 heavy (non-hydrogen) atoms. The molecule has 2 fully saturated rings. The first-order chi connectivity index (χ1) is 15.4. The fourth-order valence-corrected chi connectivity index (χ4v) is 3.68. The molecule has 3 rings (SSSR count). The van der Waals surface area contributed by atoms with Crippen molar-refractivity contribution in [2.45, 2.75) is 12.8 Å². The molecule has 0 aromatic heterocycles. The summed E-state index contributed by atoms with van der Waals surface area (Å²) in [6.45, 7) is 1.20. The SMILES string of the molecule is COc1cc(/C=C/C(=O)N2CCN(C(=O)CN3C(=O)CCC3=O)CC2)cc(OC)c1OC. The van der Waals surface area contributed by atoms with E-state index >= 15 is 0 Å². The summed E-state index contributed by atoms with van der Waals surface area (Å²) in [5.74, 6) is 0.353. The van der Waals surface area contributed by atoms with Crippen molar-refractivity contribution in [1.82, 2.24) is 14.7 Å². The molecule has 172 valence electrons. The van der Waals surface area contributed by atoms with Crippen LogP contribution in [0, 0.1) is 0 Å². The van der Waals surface area contributed by atoms with Gasteiger partial charge in [-0.1, -0.05) is 0 Å². The Bertz CT molecular complexity index is 894. The summed E-state index contributed by atoms with van der Waals surface area (Å²) in [6, 6.07) is 3.48. The van der Waals surface area contributed by atoms with Crippen LogP contribution in [0.5, 0.6) is 17.2 Å². The Morgan fingerprint density at radius 3 is 1.91 bits per heavy atom. The first kappa shape index (κ1) is 23.1. The van der Waals surface area contributed by atoms with Gasteiger partial charge in [0.05, 0.1) is 21.3 Å². The number of rotatable bonds is 7. The molecule has 10 nitrogen and oxygen atoms in total. The molecule has 2 aliphatic rings. The Kier molecular flexibility index (Phi) is 7.34. The number of amides is 4. The maximum atomic E-state index is 12.6. The molecule has 1 aromatic rings. The van der Waals surface area contributed by atoms with Crippen molar-refractivity contribution in [3.63, 3.8) is 0 Å². The largest absolute Gasteiger partial charge is 0.493 e. The van der Waals surface area contributed by atoms with Crippen LogP contribution in [0.25, 0.3) is 6.08 Å². The molecule has 4 amide bonds. The van der Waals surface area contributed by atoms with Crippen molar-refractivity contribution in [2.24, 2.45) is 0 Å². The third-order valence-electron chi connectivity index (χ3n) is 5.50. The molecule has 10 heteroatoms. The number of hydrogen-bond acceptors (Lipinski definition) is 7. The second-order valence-corrected chi connectivity index (χ2v) is 7.37. The number of ether oxygens (including phenoxy) is 3. The number of nitrogens with zero attached hydrogens (tertiary/aromatic N) is 3. The van der Waals surface area contributed by atoms with Crippen LogP contribution in [0.4, 0.5) is 0 Å². The average molecular weight is 445 g/mol. The van der Waals surface area contributed by atoms with Crippen molar-refractivity contribution in [2.75, 3.05) is 54.1 Å². The smallest absolute Gasteiger partial charge is 0.246 e. The predicted molar refractivity (Wildman–Crippen MR) is 114 cm³/mol. The quantitative estimate of drug-likeness (QED) is 0.446. The van der Waals surface area contributed by atoms with Crippen molar-refractivity contribution >= 4 is 29.7 Å². The van der Waals surface area contributed by atoms with Gasteiger partial charge in [0.15, 0.2) is 11.5 Å². The van der Waals surface area contributed by atoms with E-state index in [1.807, 2.05) is 0 Å². The summed E-state index contributed by atoms with van der Waals surface area (Å²) in [5.41, 5.74) is 0.710. The number of benzene rings is 1. The highest BCUT2D eigenvalue weighted by atomic mass is 16.5. The van der Waals surface area contributed by atoms with Gasteiger partial charge in [0.25, 0.3) is 0 Å². The molecule has 0 radical (unpaired) electrons. The van der Waals surface area contributed by atoms with Gasteiger partial charge in [-0.2, -0.15) is 0 Å². The zero-order valence-corrected chi connectivity index (χ0v) is 18.5. The number of hydrogen-bond donors (Lipinski definition) is 0. The summed E-state index contributed by atoms with van der Waals surface area (Å²) in [4.78, 5) is 52.7. The van der Waals surface area contributed by atoms with Gasteiger partial charge in [0.1, 0.15) is 6.54 Å². The lowest BCUT2D eigenvalue weighted by Crippen LogP contribution is -2.52. The van der Waals surface area contributed by atoms with E-state index in [4.69, 9.17) is 14.2 Å². The Morgan fingerprint density at radius 1 is 0.875 bits per heavy atom. The van der Waals surface area contributed by atoms with Crippen LogP contribution in [-0.4, -0.2) is 92.4 Å². The van der Waals surface area contributed by atoms with E-state index in [2.05, 4.69) is 0 Å². The second-order valence-electron chi connectivity index (χ2n) is 7.37. The van der Waals surface area contributed by atoms with Gasteiger partial charge >= 0.3 is 0 Å². The second kappa shape index (κ2) is 10.2. The highest BCUT2D eigenvalue weighted by Crippen LogP contribution is 2.38. The first-order valence-electron chi connectivity index (χ1n) is 10.3. The third kappa shape index (κ3) is 5.01. The van der Waals surface area contributed by atoms with E-state index in [0.717, 1.165) is 4.90 Å². The maximum absolute atomic E-state index is 12.6. The zero-order chi connectivity index (χ0) is 23.3. The van der Waals surface area contributed by atoms with E-state index in [1.54, 1.807) is 28.0 Å². The number of carbonyl (C=O) groups excluding carboxylic acids is 4. The molecule has 2 saturated heterocycles. The lowest BCUT2D eigenvalue weighted by molar-refractivity contribution is -0.146. The molecule has 2 aliphatic heterocycles. The van der Waals surface area contributed by atoms with Gasteiger partial charge < -0.3 is 24.0 Å². The van der Waals surface area contributed by atoms with Gasteiger partial charge in [0.2, 0.25) is 29.4 Å². The summed E-state index contributed by atoms with van der Waals surface area (Å²) < 4.78 is 15.9. The van der Waals surface area contributed by atoms with E-state index < -0.39 is 0 Å². The Morgan fingerprint density at radius 2 is 1.41 bits per heavy atom. The molecular formula is C22H27N3O7. The molecule has 0 atom stereocenters. The van der Waals surface area contributed by atoms with Crippen LogP contribution in [-0.2, 0) is 19.2 Å². The minimum Gasteiger partial charge on any atom is -0.493 e. The van der Waals surface area contributed by atoms with E-state index in [1.165, 1.54) is 27.4 Å². The molecule has 0 bridgehead atoms. The fourth-order valence-electron chi connectivity index (χ4n) is 3.68. The monoisotopic (exact) mass is 445 g/mol. The lowest BCUT2D eigenvalue weighted by atomic mass is 10.1. The highest BCUT2D eigenvalue weighted by Gasteiger charge is 2.32. The van der Waals surface area contributed by atoms with Crippen LogP contribution in [0.2, 0.25) is 0 Å². The van der Waals surface area contributed by atoms with Gasteiger partial charge in [-0.05, 0) is 23.8 Å². The average Bonchev–Trinajstić information content (AvgIpc) is 3.13. The molecule has 0 saturated carbocycles. The van der Waals surface area contributed by atoms with Crippen LogP contribution >= 0.6 is 0 Å². The number of methoxy groups -OCH3 is 3. The highest BCUT2D eigenvalue weighted by molar-refractivity contribution is 6.04. The summed E-state index contributed by atoms with van der Waals surface area (Å²) in [6.07, 6.45) is 3.44. The molecule has 2 heterocycles. The molecular weight excluding hydrogens is 418 g/mol. The fraction of sp³-hybridized carbons (Fsp3) is 0.455. The van der Waals surface area contributed by atoms with Gasteiger partial charge in [-0.15, -0.1) is 0 Å². The van der Waals surface area contributed by atoms with Gasteiger partial charge in [-0.3, -0.25) is 24.1 Å². The number of likely N-dealkylation sites (tertiary alicyclic amines) is 1. The van der Waals surface area contributed by atoms with Crippen molar-refractivity contribution in [3.8, 4) is 17.2 Å². The van der Waals surface area contributed by atoms with Crippen molar-refractivity contribution in [1.29, 1.82) is 0 Å². The topological polar surface area (TPSA) is 106 Å². The Balaban J connectivity index is 1.56. The molecule has 0 aliphatic carbocycles. The van der Waals surface area contributed by atoms with E-state index in [-0.39, 0.29) is 43.0 Å². The number of piperazine rings is 1. The lowest BCUT2D eigenvalue weighted by Gasteiger charge is -2.34. The van der Waals surface area contributed by atoms with Crippen LogP contribution in [0.1, 0.15) is 18.4 Å². The number of imide groups is 1. The van der Waals surface area contributed by atoms with Crippen molar-refractivity contribution < 1.29 is 33.4 Å². The molecule has 0 unspecified atom stereocenters. The van der Waals surface area contributed by atoms with Crippen LogP contribution in [0.3, 0.4) is 0 Å². The van der Waals surface area contributed by atoms with Gasteiger partial charge in [0, 0.05) is 45.1 Å². The summed E-state index contributed by atoms with van der Waals surface area (Å²) in [7, 11) is 4.56.